The molecule has 2 heterocycles. The average Bonchev–Trinajstić information content (AvgIpc) is 3.06. The summed E-state index contributed by atoms with van der Waals surface area (Å²) >= 11 is 0. The van der Waals surface area contributed by atoms with E-state index in [0.29, 0.717) is 0 Å². The van der Waals surface area contributed by atoms with Crippen LogP contribution in [0.25, 0.3) is 0 Å². The molecule has 0 aliphatic carbocycles. The van der Waals surface area contributed by atoms with Crippen LogP contribution < -0.4 is 9.80 Å². The number of rotatable bonds is 4. The highest BCUT2D eigenvalue weighted by Gasteiger charge is 2.35. The van der Waals surface area contributed by atoms with E-state index in [2.05, 4.69) is 22.8 Å². The van der Waals surface area contributed by atoms with E-state index in [1.165, 1.54) is 12.0 Å². The van der Waals surface area contributed by atoms with Gasteiger partial charge in [0.25, 0.3) is 0 Å². The summed E-state index contributed by atoms with van der Waals surface area (Å²) < 4.78 is 0. The van der Waals surface area contributed by atoms with E-state index >= 15 is 0 Å². The van der Waals surface area contributed by atoms with Crippen molar-refractivity contribution in [3.8, 4) is 0 Å². The number of nitrogens with zero attached hydrogens (tertiary/aromatic N) is 3. The Bertz CT molecular complexity index is 730. The van der Waals surface area contributed by atoms with Gasteiger partial charge in [-0.2, -0.15) is 0 Å². The molecule has 5 nitrogen and oxygen atoms in total. The van der Waals surface area contributed by atoms with Gasteiger partial charge in [0.05, 0.1) is 0 Å². The highest BCUT2D eigenvalue weighted by molar-refractivity contribution is 5.99. The van der Waals surface area contributed by atoms with E-state index in [4.69, 9.17) is 0 Å². The fourth-order valence-electron chi connectivity index (χ4n) is 4.44. The van der Waals surface area contributed by atoms with Crippen LogP contribution in [0.1, 0.15) is 59.4 Å². The first-order chi connectivity index (χ1) is 13.2. The lowest BCUT2D eigenvalue weighted by Gasteiger charge is -2.41. The molecule has 0 unspecified atom stereocenters. The van der Waals surface area contributed by atoms with Crippen molar-refractivity contribution in [3.05, 3.63) is 23.8 Å². The van der Waals surface area contributed by atoms with Crippen molar-refractivity contribution in [2.24, 2.45) is 5.41 Å². The molecule has 0 saturated carbocycles. The number of amides is 2. The summed E-state index contributed by atoms with van der Waals surface area (Å²) in [6.07, 6.45) is 4.05. The van der Waals surface area contributed by atoms with Gasteiger partial charge in [-0.05, 0) is 56.0 Å². The molecular weight excluding hydrogens is 350 g/mol. The van der Waals surface area contributed by atoms with Gasteiger partial charge in [-0.25, -0.2) is 0 Å². The number of hydrogen-bond acceptors (Lipinski definition) is 3. The van der Waals surface area contributed by atoms with Crippen LogP contribution in [0.15, 0.2) is 18.2 Å². The van der Waals surface area contributed by atoms with Crippen molar-refractivity contribution in [2.45, 2.75) is 66.3 Å². The molecule has 5 heteroatoms. The molecule has 0 spiro atoms. The van der Waals surface area contributed by atoms with E-state index in [0.717, 1.165) is 56.8 Å². The SMILES string of the molecule is CCCN1CCC(N(C(=O)C(C)(C)C)c2ccc3c(c2)CCN3C(C)=O)CC1. The Morgan fingerprint density at radius 3 is 2.39 bits per heavy atom. The monoisotopic (exact) mass is 385 g/mol. The largest absolute Gasteiger partial charge is 0.312 e. The molecule has 1 saturated heterocycles. The number of carbonyl (C=O) groups is 2. The van der Waals surface area contributed by atoms with Crippen LogP contribution in [0, 0.1) is 5.41 Å². The maximum Gasteiger partial charge on any atom is 0.232 e. The number of hydrogen-bond donors (Lipinski definition) is 0. The first-order valence-corrected chi connectivity index (χ1v) is 10.7. The lowest BCUT2D eigenvalue weighted by atomic mass is 9.91. The minimum Gasteiger partial charge on any atom is -0.312 e. The molecule has 0 aromatic heterocycles. The lowest BCUT2D eigenvalue weighted by Crippen LogP contribution is -2.51. The van der Waals surface area contributed by atoms with Gasteiger partial charge < -0.3 is 14.7 Å². The second-order valence-electron chi connectivity index (χ2n) is 9.23. The molecule has 2 aliphatic heterocycles. The summed E-state index contributed by atoms with van der Waals surface area (Å²) in [5.41, 5.74) is 2.73. The van der Waals surface area contributed by atoms with Gasteiger partial charge in [0.2, 0.25) is 11.8 Å². The Balaban J connectivity index is 1.88. The van der Waals surface area contributed by atoms with E-state index in [1.807, 2.05) is 37.8 Å². The van der Waals surface area contributed by atoms with Gasteiger partial charge in [-0.3, -0.25) is 9.59 Å². The summed E-state index contributed by atoms with van der Waals surface area (Å²) in [6.45, 7) is 13.8. The molecule has 2 amide bonds. The molecule has 1 fully saturated rings. The molecule has 3 rings (SSSR count). The van der Waals surface area contributed by atoms with E-state index in [9.17, 15) is 9.59 Å². The summed E-state index contributed by atoms with van der Waals surface area (Å²) in [5, 5.41) is 0. The minimum absolute atomic E-state index is 0.0809. The number of anilines is 2. The number of piperidine rings is 1. The Morgan fingerprint density at radius 2 is 1.82 bits per heavy atom. The van der Waals surface area contributed by atoms with Crippen molar-refractivity contribution < 1.29 is 9.59 Å². The van der Waals surface area contributed by atoms with Gasteiger partial charge >= 0.3 is 0 Å². The van der Waals surface area contributed by atoms with Crippen molar-refractivity contribution in [1.82, 2.24) is 4.90 Å². The normalized spacial score (nSPS) is 18.2. The van der Waals surface area contributed by atoms with Crippen LogP contribution in [-0.4, -0.2) is 48.9 Å². The van der Waals surface area contributed by atoms with Crippen molar-refractivity contribution in [3.63, 3.8) is 0 Å². The maximum atomic E-state index is 13.4. The van der Waals surface area contributed by atoms with Gasteiger partial charge in [-0.1, -0.05) is 27.7 Å². The van der Waals surface area contributed by atoms with Gasteiger partial charge in [-0.15, -0.1) is 0 Å². The number of benzene rings is 1. The molecule has 2 aliphatic rings. The first-order valence-electron chi connectivity index (χ1n) is 10.7. The van der Waals surface area contributed by atoms with Crippen LogP contribution in [0.4, 0.5) is 11.4 Å². The summed E-state index contributed by atoms with van der Waals surface area (Å²) in [4.78, 5) is 31.6. The van der Waals surface area contributed by atoms with Crippen LogP contribution in [0.2, 0.25) is 0 Å². The quantitative estimate of drug-likeness (QED) is 0.791. The predicted molar refractivity (Wildman–Crippen MR) is 115 cm³/mol. The van der Waals surface area contributed by atoms with E-state index in [-0.39, 0.29) is 17.9 Å². The smallest absolute Gasteiger partial charge is 0.232 e. The average molecular weight is 386 g/mol. The van der Waals surface area contributed by atoms with Gasteiger partial charge in [0.15, 0.2) is 0 Å². The fraction of sp³-hybridized carbons (Fsp3) is 0.652. The summed E-state index contributed by atoms with van der Waals surface area (Å²) in [6, 6.07) is 6.43. The molecule has 1 aromatic rings. The number of fused-ring (bicyclic) bond motifs is 1. The predicted octanol–water partition coefficient (Wildman–Crippen LogP) is 3.85. The van der Waals surface area contributed by atoms with Crippen molar-refractivity contribution in [1.29, 1.82) is 0 Å². The zero-order valence-corrected chi connectivity index (χ0v) is 18.1. The third-order valence-corrected chi connectivity index (χ3v) is 5.94. The zero-order chi connectivity index (χ0) is 20.5. The Hall–Kier alpha value is -1.88. The first kappa shape index (κ1) is 20.8. The van der Waals surface area contributed by atoms with Crippen molar-refractivity contribution >= 4 is 23.2 Å². The number of likely N-dealkylation sites (tertiary alicyclic amines) is 1. The van der Waals surface area contributed by atoms with Gasteiger partial charge in [0.1, 0.15) is 0 Å². The molecular formula is C23H35N3O2. The van der Waals surface area contributed by atoms with Crippen molar-refractivity contribution in [2.75, 3.05) is 36.0 Å². The molecule has 0 bridgehead atoms. The standard InChI is InChI=1S/C23H35N3O2/c1-6-12-24-13-10-19(11-14-24)26(22(28)23(3,4)5)20-7-8-21-18(16-20)9-15-25(21)17(2)27/h7-8,16,19H,6,9-15H2,1-5H3. The molecule has 0 N–H and O–H groups in total. The minimum atomic E-state index is -0.426. The Kier molecular flexibility index (Phi) is 6.13. The molecule has 28 heavy (non-hydrogen) atoms. The van der Waals surface area contributed by atoms with Crippen LogP contribution in [0.3, 0.4) is 0 Å². The Labute approximate surface area is 169 Å². The van der Waals surface area contributed by atoms with Crippen LogP contribution in [-0.2, 0) is 16.0 Å². The molecule has 1 aromatic carbocycles. The second-order valence-corrected chi connectivity index (χ2v) is 9.23. The molecule has 154 valence electrons. The fourth-order valence-corrected chi connectivity index (χ4v) is 4.44. The summed E-state index contributed by atoms with van der Waals surface area (Å²) in [5.74, 6) is 0.264. The lowest BCUT2D eigenvalue weighted by molar-refractivity contribution is -0.126. The van der Waals surface area contributed by atoms with Crippen LogP contribution in [0.5, 0.6) is 0 Å². The molecule has 0 atom stereocenters. The second kappa shape index (κ2) is 8.24. The van der Waals surface area contributed by atoms with E-state index < -0.39 is 5.41 Å². The van der Waals surface area contributed by atoms with Gasteiger partial charge in [0, 0.05) is 49.4 Å². The zero-order valence-electron chi connectivity index (χ0n) is 18.1. The van der Waals surface area contributed by atoms with Crippen LogP contribution >= 0.6 is 0 Å². The van der Waals surface area contributed by atoms with E-state index in [1.54, 1.807) is 6.92 Å². The third kappa shape index (κ3) is 4.24. The third-order valence-electron chi connectivity index (χ3n) is 5.94. The Morgan fingerprint density at radius 1 is 1.14 bits per heavy atom. The summed E-state index contributed by atoms with van der Waals surface area (Å²) in [7, 11) is 0. The topological polar surface area (TPSA) is 43.9 Å². The molecule has 0 radical (unpaired) electrons. The highest BCUT2D eigenvalue weighted by atomic mass is 16.2. The highest BCUT2D eigenvalue weighted by Crippen LogP contribution is 2.35. The maximum absolute atomic E-state index is 13.4. The number of carbonyl (C=O) groups excluding carboxylic acids is 2.